The highest BCUT2D eigenvalue weighted by molar-refractivity contribution is 14.1. The molecule has 4 rings (SSSR count). The summed E-state index contributed by atoms with van der Waals surface area (Å²) in [6.45, 7) is 3.18. The highest BCUT2D eigenvalue weighted by Crippen LogP contribution is 2.29. The maximum atomic E-state index is 13.3. The van der Waals surface area contributed by atoms with Gasteiger partial charge in [-0.05, 0) is 29.8 Å². The Bertz CT molecular complexity index is 1160. The fraction of sp³-hybridized carbons (Fsp3) is 0.318. The number of rotatable bonds is 6. The third-order valence-corrected chi connectivity index (χ3v) is 7.19. The van der Waals surface area contributed by atoms with Crippen LogP contribution in [0.25, 0.3) is 10.9 Å². The molecule has 10 heteroatoms. The molecule has 1 aliphatic heterocycles. The van der Waals surface area contributed by atoms with Crippen LogP contribution in [0.2, 0.25) is 4.34 Å². The summed E-state index contributed by atoms with van der Waals surface area (Å²) in [7, 11) is 0. The number of nitrogens with two attached hydrogens (primary N) is 1. The first kappa shape index (κ1) is 23.1. The number of nitrogen functional groups attached to an aromatic ring is 1. The average molecular weight is 585 g/mol. The first-order valence-corrected chi connectivity index (χ1v) is 12.5. The monoisotopic (exact) mass is 584 g/mol. The zero-order chi connectivity index (χ0) is 22.8. The molecule has 2 atom stereocenters. The van der Waals surface area contributed by atoms with Crippen LogP contribution in [0.1, 0.15) is 12.5 Å². The van der Waals surface area contributed by atoms with Crippen LogP contribution in [-0.4, -0.2) is 56.3 Å². The van der Waals surface area contributed by atoms with Crippen LogP contribution in [0.15, 0.2) is 42.6 Å². The Hall–Kier alpha value is -2.11. The van der Waals surface area contributed by atoms with Crippen molar-refractivity contribution in [3.05, 3.63) is 52.5 Å². The first-order valence-electron chi connectivity index (χ1n) is 10.1. The van der Waals surface area contributed by atoms with Crippen molar-refractivity contribution in [3.8, 4) is 5.06 Å². The van der Waals surface area contributed by atoms with E-state index in [0.717, 1.165) is 16.5 Å². The lowest BCUT2D eigenvalue weighted by Crippen LogP contribution is -2.61. The summed E-state index contributed by atoms with van der Waals surface area (Å²) in [5.41, 5.74) is 8.46. The number of anilines is 1. The van der Waals surface area contributed by atoms with Crippen LogP contribution in [0.5, 0.6) is 5.06 Å². The van der Waals surface area contributed by atoms with Gasteiger partial charge in [0.2, 0.25) is 5.91 Å². The van der Waals surface area contributed by atoms with Gasteiger partial charge in [0.15, 0.2) is 11.7 Å². The smallest absolute Gasteiger partial charge is 0.261 e. The minimum absolute atomic E-state index is 0.0545. The number of pyridine rings is 1. The number of nitrogens with zero attached hydrogens (tertiary/aromatic N) is 3. The van der Waals surface area contributed by atoms with E-state index in [2.05, 4.69) is 27.6 Å². The molecule has 168 valence electrons. The number of halogens is 2. The molecule has 0 radical (unpaired) electrons. The Labute approximate surface area is 208 Å². The number of piperazine rings is 1. The molecule has 0 spiro atoms. The number of carbonyl (C=O) groups is 2. The second-order valence-corrected chi connectivity index (χ2v) is 11.2. The highest BCUT2D eigenvalue weighted by Gasteiger charge is 2.40. The number of hydrogen-bond acceptors (Lipinski definition) is 6. The van der Waals surface area contributed by atoms with Crippen LogP contribution < -0.4 is 10.5 Å². The summed E-state index contributed by atoms with van der Waals surface area (Å²) in [4.78, 5) is 34.0. The van der Waals surface area contributed by atoms with Gasteiger partial charge in [-0.25, -0.2) is 0 Å². The van der Waals surface area contributed by atoms with Gasteiger partial charge in [0.05, 0.1) is 9.85 Å². The quantitative estimate of drug-likeness (QED) is 0.350. The molecule has 0 aliphatic carbocycles. The van der Waals surface area contributed by atoms with Gasteiger partial charge in [0.1, 0.15) is 6.04 Å². The fourth-order valence-corrected chi connectivity index (χ4v) is 5.37. The van der Waals surface area contributed by atoms with Crippen molar-refractivity contribution in [1.82, 2.24) is 14.8 Å². The Balaban J connectivity index is 1.45. The van der Waals surface area contributed by atoms with Gasteiger partial charge in [-0.3, -0.25) is 14.6 Å². The molecule has 1 aromatic carbocycles. The Kier molecular flexibility index (Phi) is 7.06. The SMILES string of the molecule is C[C@H](I)[C@H]1C(=O)N(Cc2ccc3c(N)ccnc3c2)CCN1C(=O)COc1ccc(Cl)s1. The summed E-state index contributed by atoms with van der Waals surface area (Å²) in [6.07, 6.45) is 1.68. The number of thiophene rings is 1. The van der Waals surface area contributed by atoms with Crippen molar-refractivity contribution >= 4 is 73.9 Å². The summed E-state index contributed by atoms with van der Waals surface area (Å²) in [6, 6.07) is 10.5. The molecule has 0 bridgehead atoms. The van der Waals surface area contributed by atoms with Gasteiger partial charge in [-0.1, -0.05) is 64.6 Å². The second-order valence-electron chi connectivity index (χ2n) is 7.57. The number of hydrogen-bond donors (Lipinski definition) is 1. The van der Waals surface area contributed by atoms with Crippen molar-refractivity contribution < 1.29 is 14.3 Å². The van der Waals surface area contributed by atoms with Crippen LogP contribution >= 0.6 is 45.5 Å². The Morgan fingerprint density at radius 1 is 1.34 bits per heavy atom. The van der Waals surface area contributed by atoms with E-state index in [0.29, 0.717) is 34.7 Å². The predicted octanol–water partition coefficient (Wildman–Crippen LogP) is 3.97. The molecule has 7 nitrogen and oxygen atoms in total. The van der Waals surface area contributed by atoms with E-state index < -0.39 is 6.04 Å². The third-order valence-electron chi connectivity index (χ3n) is 5.37. The van der Waals surface area contributed by atoms with Gasteiger partial charge < -0.3 is 20.3 Å². The van der Waals surface area contributed by atoms with E-state index in [1.165, 1.54) is 11.3 Å². The topological polar surface area (TPSA) is 88.8 Å². The van der Waals surface area contributed by atoms with Gasteiger partial charge >= 0.3 is 0 Å². The van der Waals surface area contributed by atoms with Crippen molar-refractivity contribution in [2.75, 3.05) is 25.4 Å². The first-order chi connectivity index (χ1) is 15.3. The zero-order valence-corrected chi connectivity index (χ0v) is 21.1. The van der Waals surface area contributed by atoms with Gasteiger partial charge in [0.25, 0.3) is 5.91 Å². The molecule has 32 heavy (non-hydrogen) atoms. The fourth-order valence-electron chi connectivity index (χ4n) is 3.80. The number of fused-ring (bicyclic) bond motifs is 1. The lowest BCUT2D eigenvalue weighted by atomic mass is 10.1. The Morgan fingerprint density at radius 3 is 2.88 bits per heavy atom. The molecule has 0 unspecified atom stereocenters. The van der Waals surface area contributed by atoms with Gasteiger partial charge in [-0.2, -0.15) is 0 Å². The average Bonchev–Trinajstić information content (AvgIpc) is 3.18. The van der Waals surface area contributed by atoms with Crippen LogP contribution in [0.3, 0.4) is 0 Å². The molecule has 2 N–H and O–H groups in total. The minimum atomic E-state index is -0.540. The van der Waals surface area contributed by atoms with Crippen molar-refractivity contribution in [1.29, 1.82) is 0 Å². The molecule has 2 aromatic heterocycles. The maximum absolute atomic E-state index is 13.3. The molecule has 0 saturated carbocycles. The number of carbonyl (C=O) groups excluding carboxylic acids is 2. The molecular formula is C22H22ClIN4O3S. The summed E-state index contributed by atoms with van der Waals surface area (Å²) in [5, 5.41) is 1.47. The molecule has 2 amide bonds. The largest absolute Gasteiger partial charge is 0.474 e. The number of amides is 2. The number of ether oxygens (including phenoxy) is 1. The maximum Gasteiger partial charge on any atom is 0.261 e. The van der Waals surface area contributed by atoms with Crippen molar-refractivity contribution in [2.24, 2.45) is 0 Å². The van der Waals surface area contributed by atoms with Crippen LogP contribution in [-0.2, 0) is 16.1 Å². The predicted molar refractivity (Wildman–Crippen MR) is 135 cm³/mol. The molecule has 1 saturated heterocycles. The van der Waals surface area contributed by atoms with E-state index in [-0.39, 0.29) is 22.3 Å². The third kappa shape index (κ3) is 4.94. The minimum Gasteiger partial charge on any atom is -0.474 e. The summed E-state index contributed by atoms with van der Waals surface area (Å²) < 4.78 is 6.12. The highest BCUT2D eigenvalue weighted by atomic mass is 127. The number of aromatic nitrogens is 1. The molecule has 1 fully saturated rings. The van der Waals surface area contributed by atoms with Gasteiger partial charge in [-0.15, -0.1) is 0 Å². The number of alkyl halides is 1. The normalized spacial score (nSPS) is 17.6. The second kappa shape index (κ2) is 9.80. The summed E-state index contributed by atoms with van der Waals surface area (Å²) >= 11 is 9.39. The lowest BCUT2D eigenvalue weighted by Gasteiger charge is -2.42. The van der Waals surface area contributed by atoms with Crippen molar-refractivity contribution in [2.45, 2.75) is 23.4 Å². The van der Waals surface area contributed by atoms with Crippen LogP contribution in [0, 0.1) is 0 Å². The molecule has 1 aliphatic rings. The van der Waals surface area contributed by atoms with Crippen LogP contribution in [0.4, 0.5) is 5.69 Å². The van der Waals surface area contributed by atoms with E-state index >= 15 is 0 Å². The molecular weight excluding hydrogens is 563 g/mol. The zero-order valence-electron chi connectivity index (χ0n) is 17.3. The van der Waals surface area contributed by atoms with E-state index in [1.54, 1.807) is 34.2 Å². The van der Waals surface area contributed by atoms with E-state index in [4.69, 9.17) is 22.1 Å². The standard InChI is InChI=1S/C22H22ClIN4O3S/c1-13(24)21-22(30)27(11-14-2-3-15-16(25)6-7-26-17(15)10-14)8-9-28(21)19(29)12-31-20-5-4-18(23)32-20/h2-7,10,13,21H,8-9,11-12H2,1H3,(H2,25,26)/t13-,21-/m0/s1. The van der Waals surface area contributed by atoms with Gasteiger partial charge in [0, 0.05) is 40.8 Å². The van der Waals surface area contributed by atoms with E-state index in [1.807, 2.05) is 25.1 Å². The molecule has 3 heterocycles. The molecule has 3 aromatic rings. The Morgan fingerprint density at radius 2 is 2.16 bits per heavy atom. The lowest BCUT2D eigenvalue weighted by molar-refractivity contribution is -0.152. The summed E-state index contributed by atoms with van der Waals surface area (Å²) in [5.74, 6) is -0.271. The number of benzene rings is 1. The van der Waals surface area contributed by atoms with E-state index in [9.17, 15) is 9.59 Å². The van der Waals surface area contributed by atoms with Crippen molar-refractivity contribution in [3.63, 3.8) is 0 Å².